The monoisotopic (exact) mass is 439 g/mol. The van der Waals surface area contributed by atoms with Gasteiger partial charge in [-0.2, -0.15) is 0 Å². The number of nitrogens with zero attached hydrogens (tertiary/aromatic N) is 1. The van der Waals surface area contributed by atoms with Gasteiger partial charge in [0, 0.05) is 17.7 Å². The second-order valence-electron chi connectivity index (χ2n) is 8.53. The summed E-state index contributed by atoms with van der Waals surface area (Å²) in [5, 5.41) is -0.0914. The average molecular weight is 440 g/mol. The van der Waals surface area contributed by atoms with E-state index in [9.17, 15) is 9.59 Å². The predicted molar refractivity (Wildman–Crippen MR) is 127 cm³/mol. The van der Waals surface area contributed by atoms with E-state index in [1.807, 2.05) is 56.3 Å². The van der Waals surface area contributed by atoms with Crippen molar-refractivity contribution in [2.24, 2.45) is 5.92 Å². The van der Waals surface area contributed by atoms with Crippen molar-refractivity contribution in [1.82, 2.24) is 4.90 Å². The summed E-state index contributed by atoms with van der Waals surface area (Å²) in [5.74, 6) is 0.427. The number of hydrogen-bond donors (Lipinski definition) is 0. The van der Waals surface area contributed by atoms with Crippen LogP contribution in [0.5, 0.6) is 0 Å². The van der Waals surface area contributed by atoms with E-state index in [-0.39, 0.29) is 23.2 Å². The molecule has 166 valence electrons. The normalized spacial score (nSPS) is 18.4. The molecule has 31 heavy (non-hydrogen) atoms. The predicted octanol–water partition coefficient (Wildman–Crippen LogP) is 5.35. The summed E-state index contributed by atoms with van der Waals surface area (Å²) in [4.78, 5) is 28.1. The topological polar surface area (TPSA) is 46.6 Å². The maximum atomic E-state index is 13.5. The number of ether oxygens (including phenoxy) is 1. The molecule has 2 aromatic rings. The molecule has 1 amide bonds. The molecule has 0 aromatic heterocycles. The van der Waals surface area contributed by atoms with Crippen LogP contribution in [0.15, 0.2) is 54.6 Å². The van der Waals surface area contributed by atoms with E-state index in [1.54, 1.807) is 16.7 Å². The fourth-order valence-electron chi connectivity index (χ4n) is 3.68. The molecular weight excluding hydrogens is 406 g/mol. The SMILES string of the molecule is CCCCc1ccc(C(=O)N2C(Cc3ccccc3)SCC2C(=O)OCC(C)C)cc1. The van der Waals surface area contributed by atoms with Crippen molar-refractivity contribution in [3.63, 3.8) is 0 Å². The minimum atomic E-state index is -0.551. The number of amides is 1. The lowest BCUT2D eigenvalue weighted by atomic mass is 10.0. The fourth-order valence-corrected chi connectivity index (χ4v) is 5.09. The van der Waals surface area contributed by atoms with Crippen LogP contribution >= 0.6 is 11.8 Å². The molecule has 0 saturated carbocycles. The van der Waals surface area contributed by atoms with Gasteiger partial charge in [-0.3, -0.25) is 4.79 Å². The third kappa shape index (κ3) is 6.36. The van der Waals surface area contributed by atoms with E-state index in [4.69, 9.17) is 4.74 Å². The van der Waals surface area contributed by atoms with Gasteiger partial charge >= 0.3 is 5.97 Å². The van der Waals surface area contributed by atoms with Crippen LogP contribution in [0.3, 0.4) is 0 Å². The molecule has 0 spiro atoms. The number of carbonyl (C=O) groups excluding carboxylic acids is 2. The third-order valence-electron chi connectivity index (χ3n) is 5.43. The number of benzene rings is 2. The fraction of sp³-hybridized carbons (Fsp3) is 0.462. The molecule has 0 aliphatic carbocycles. The first kappa shape index (κ1) is 23.4. The Morgan fingerprint density at radius 3 is 2.42 bits per heavy atom. The molecule has 1 aliphatic rings. The molecule has 1 fully saturated rings. The van der Waals surface area contributed by atoms with E-state index in [1.165, 1.54) is 5.56 Å². The van der Waals surface area contributed by atoms with Crippen molar-refractivity contribution in [2.75, 3.05) is 12.4 Å². The zero-order valence-electron chi connectivity index (χ0n) is 18.8. The third-order valence-corrected chi connectivity index (χ3v) is 6.72. The minimum absolute atomic E-state index is 0.0914. The van der Waals surface area contributed by atoms with E-state index in [2.05, 4.69) is 19.1 Å². The molecule has 0 bridgehead atoms. The number of thioether (sulfide) groups is 1. The highest BCUT2D eigenvalue weighted by Crippen LogP contribution is 2.34. The van der Waals surface area contributed by atoms with E-state index in [0.717, 1.165) is 24.8 Å². The van der Waals surface area contributed by atoms with Crippen LogP contribution in [0, 0.1) is 5.92 Å². The Kier molecular flexibility index (Phi) is 8.59. The van der Waals surface area contributed by atoms with Gasteiger partial charge in [0.25, 0.3) is 5.91 Å². The summed E-state index contributed by atoms with van der Waals surface area (Å²) in [6.07, 6.45) is 4.01. The van der Waals surface area contributed by atoms with Gasteiger partial charge in [-0.15, -0.1) is 11.8 Å². The van der Waals surface area contributed by atoms with Crippen LogP contribution in [-0.2, 0) is 22.4 Å². The summed E-state index contributed by atoms with van der Waals surface area (Å²) in [7, 11) is 0. The maximum Gasteiger partial charge on any atom is 0.329 e. The number of aryl methyl sites for hydroxylation is 1. The molecule has 0 radical (unpaired) electrons. The lowest BCUT2D eigenvalue weighted by Gasteiger charge is -2.29. The molecule has 0 N–H and O–H groups in total. The van der Waals surface area contributed by atoms with Crippen LogP contribution in [0.2, 0.25) is 0 Å². The highest BCUT2D eigenvalue weighted by atomic mass is 32.2. The second-order valence-corrected chi connectivity index (χ2v) is 9.74. The van der Waals surface area contributed by atoms with Crippen molar-refractivity contribution in [2.45, 2.75) is 57.9 Å². The Morgan fingerprint density at radius 1 is 1.06 bits per heavy atom. The largest absolute Gasteiger partial charge is 0.464 e. The summed E-state index contributed by atoms with van der Waals surface area (Å²) in [5.41, 5.74) is 3.02. The highest BCUT2D eigenvalue weighted by molar-refractivity contribution is 8.00. The molecule has 1 heterocycles. The molecule has 2 atom stereocenters. The number of rotatable bonds is 9. The van der Waals surface area contributed by atoms with E-state index in [0.29, 0.717) is 24.3 Å². The Morgan fingerprint density at radius 2 is 1.77 bits per heavy atom. The summed E-state index contributed by atoms with van der Waals surface area (Å²) in [6.45, 7) is 6.57. The lowest BCUT2D eigenvalue weighted by Crippen LogP contribution is -2.47. The highest BCUT2D eigenvalue weighted by Gasteiger charge is 2.42. The standard InChI is InChI=1S/C26H33NO3S/c1-4-5-9-20-12-14-22(15-13-20)25(28)27-23(26(29)30-17-19(2)3)18-31-24(27)16-21-10-7-6-8-11-21/h6-8,10-15,19,23-24H,4-5,9,16-18H2,1-3H3. The molecule has 4 nitrogen and oxygen atoms in total. The number of unbranched alkanes of at least 4 members (excludes halogenated alkanes) is 1. The van der Waals surface area contributed by atoms with Gasteiger partial charge < -0.3 is 9.64 Å². The van der Waals surface area contributed by atoms with Crippen LogP contribution in [-0.4, -0.2) is 40.6 Å². The van der Waals surface area contributed by atoms with Crippen LogP contribution in [0.1, 0.15) is 55.1 Å². The van der Waals surface area contributed by atoms with Gasteiger partial charge in [-0.05, 0) is 42.0 Å². The molecule has 2 unspecified atom stereocenters. The molecule has 1 aliphatic heterocycles. The van der Waals surface area contributed by atoms with Crippen LogP contribution < -0.4 is 0 Å². The average Bonchev–Trinajstić information content (AvgIpc) is 3.20. The van der Waals surface area contributed by atoms with Gasteiger partial charge in [-0.1, -0.05) is 69.7 Å². The number of esters is 1. The van der Waals surface area contributed by atoms with E-state index < -0.39 is 6.04 Å². The van der Waals surface area contributed by atoms with Gasteiger partial charge in [0.05, 0.1) is 12.0 Å². The second kappa shape index (κ2) is 11.4. The Labute approximate surface area is 190 Å². The number of hydrogen-bond acceptors (Lipinski definition) is 4. The zero-order valence-corrected chi connectivity index (χ0v) is 19.6. The van der Waals surface area contributed by atoms with E-state index >= 15 is 0 Å². The Bertz CT molecular complexity index is 851. The first-order valence-corrected chi connectivity index (χ1v) is 12.3. The molecular formula is C26H33NO3S. The van der Waals surface area contributed by atoms with Crippen molar-refractivity contribution in [3.8, 4) is 0 Å². The summed E-state index contributed by atoms with van der Waals surface area (Å²) in [6, 6.07) is 17.4. The Hall–Kier alpha value is -2.27. The zero-order chi connectivity index (χ0) is 22.2. The number of carbonyl (C=O) groups is 2. The first-order valence-electron chi connectivity index (χ1n) is 11.2. The van der Waals surface area contributed by atoms with Crippen molar-refractivity contribution < 1.29 is 14.3 Å². The quantitative estimate of drug-likeness (QED) is 0.494. The van der Waals surface area contributed by atoms with Crippen LogP contribution in [0.4, 0.5) is 0 Å². The van der Waals surface area contributed by atoms with Gasteiger partial charge in [0.1, 0.15) is 6.04 Å². The maximum absolute atomic E-state index is 13.5. The first-order chi connectivity index (χ1) is 15.0. The van der Waals surface area contributed by atoms with Gasteiger partial charge in [-0.25, -0.2) is 4.79 Å². The molecule has 5 heteroatoms. The van der Waals surface area contributed by atoms with Crippen molar-refractivity contribution >= 4 is 23.6 Å². The summed E-state index contributed by atoms with van der Waals surface area (Å²) < 4.78 is 5.52. The van der Waals surface area contributed by atoms with Gasteiger partial charge in [0.2, 0.25) is 0 Å². The molecule has 3 rings (SSSR count). The molecule has 2 aromatic carbocycles. The minimum Gasteiger partial charge on any atom is -0.464 e. The van der Waals surface area contributed by atoms with Crippen LogP contribution in [0.25, 0.3) is 0 Å². The van der Waals surface area contributed by atoms with Crippen molar-refractivity contribution in [1.29, 1.82) is 0 Å². The summed E-state index contributed by atoms with van der Waals surface area (Å²) >= 11 is 1.66. The smallest absolute Gasteiger partial charge is 0.329 e. The molecule has 1 saturated heterocycles. The lowest BCUT2D eigenvalue weighted by molar-refractivity contribution is -0.149. The Balaban J connectivity index is 1.80. The van der Waals surface area contributed by atoms with Crippen molar-refractivity contribution in [3.05, 3.63) is 71.3 Å². The van der Waals surface area contributed by atoms with Gasteiger partial charge in [0.15, 0.2) is 0 Å².